The van der Waals surface area contributed by atoms with Crippen LogP contribution in [0.25, 0.3) is 0 Å². The average Bonchev–Trinajstić information content (AvgIpc) is 2.35. The van der Waals surface area contributed by atoms with Crippen LogP contribution in [-0.4, -0.2) is 18.8 Å². The number of oxime groups is 1. The molecule has 0 bridgehead atoms. The van der Waals surface area contributed by atoms with Gasteiger partial charge in [0.2, 0.25) is 0 Å². The van der Waals surface area contributed by atoms with Crippen LogP contribution < -0.4 is 0 Å². The minimum Gasteiger partial charge on any atom is -0.463 e. The lowest BCUT2D eigenvalue weighted by molar-refractivity contribution is -0.137. The molecule has 0 N–H and O–H groups in total. The van der Waals surface area contributed by atoms with Gasteiger partial charge >= 0.3 is 5.97 Å². The van der Waals surface area contributed by atoms with Gasteiger partial charge in [0.05, 0.1) is 12.8 Å². The van der Waals surface area contributed by atoms with E-state index >= 15 is 0 Å². The normalized spacial score (nSPS) is 10.9. The Kier molecular flexibility index (Phi) is 6.18. The van der Waals surface area contributed by atoms with Crippen molar-refractivity contribution in [3.05, 3.63) is 48.0 Å². The molecule has 17 heavy (non-hydrogen) atoms. The number of esters is 1. The number of carbonyl (C=O) groups is 1. The Morgan fingerprint density at radius 2 is 2.12 bits per heavy atom. The molecule has 0 spiro atoms. The van der Waals surface area contributed by atoms with Gasteiger partial charge in [0.1, 0.15) is 6.61 Å². The van der Waals surface area contributed by atoms with E-state index in [1.807, 2.05) is 30.3 Å². The van der Waals surface area contributed by atoms with Gasteiger partial charge in [0.25, 0.3) is 0 Å². The van der Waals surface area contributed by atoms with Crippen molar-refractivity contribution in [3.8, 4) is 0 Å². The monoisotopic (exact) mass is 233 g/mol. The molecule has 0 heterocycles. The van der Waals surface area contributed by atoms with Crippen LogP contribution in [0.5, 0.6) is 0 Å². The van der Waals surface area contributed by atoms with Crippen LogP contribution >= 0.6 is 0 Å². The van der Waals surface area contributed by atoms with Crippen molar-refractivity contribution in [1.29, 1.82) is 0 Å². The van der Waals surface area contributed by atoms with Crippen molar-refractivity contribution in [1.82, 2.24) is 0 Å². The Labute approximate surface area is 101 Å². The standard InChI is InChI=1S/C13H15NO3/c1-2-16-13(15)9-6-10-14-17-11-12-7-4-3-5-8-12/h3-10H,2,11H2,1H3/b9-6+,14-10-. The van der Waals surface area contributed by atoms with Gasteiger partial charge in [-0.1, -0.05) is 35.5 Å². The maximum absolute atomic E-state index is 10.9. The third kappa shape index (κ3) is 6.14. The highest BCUT2D eigenvalue weighted by molar-refractivity contribution is 5.87. The number of allylic oxidation sites excluding steroid dienone is 1. The van der Waals surface area contributed by atoms with E-state index in [9.17, 15) is 4.79 Å². The maximum atomic E-state index is 10.9. The van der Waals surface area contributed by atoms with Gasteiger partial charge in [-0.05, 0) is 18.6 Å². The summed E-state index contributed by atoms with van der Waals surface area (Å²) < 4.78 is 4.69. The van der Waals surface area contributed by atoms with E-state index < -0.39 is 0 Å². The van der Waals surface area contributed by atoms with E-state index in [1.165, 1.54) is 18.4 Å². The van der Waals surface area contributed by atoms with E-state index in [-0.39, 0.29) is 5.97 Å². The molecule has 1 aromatic rings. The molecule has 0 saturated heterocycles. The number of carbonyl (C=O) groups excluding carboxylic acids is 1. The Bertz CT molecular complexity index is 385. The Balaban J connectivity index is 2.21. The highest BCUT2D eigenvalue weighted by atomic mass is 16.6. The molecule has 4 nitrogen and oxygen atoms in total. The van der Waals surface area contributed by atoms with E-state index in [1.54, 1.807) is 6.92 Å². The fraction of sp³-hybridized carbons (Fsp3) is 0.231. The molecule has 0 radical (unpaired) electrons. The third-order valence-corrected chi connectivity index (χ3v) is 1.81. The second kappa shape index (κ2) is 8.10. The predicted molar refractivity (Wildman–Crippen MR) is 65.5 cm³/mol. The number of hydrogen-bond acceptors (Lipinski definition) is 4. The van der Waals surface area contributed by atoms with Crippen LogP contribution in [-0.2, 0) is 21.0 Å². The number of benzene rings is 1. The van der Waals surface area contributed by atoms with Gasteiger partial charge in [0, 0.05) is 6.08 Å². The second-order valence-electron chi connectivity index (χ2n) is 3.12. The van der Waals surface area contributed by atoms with Crippen molar-refractivity contribution in [3.63, 3.8) is 0 Å². The van der Waals surface area contributed by atoms with Gasteiger partial charge in [-0.15, -0.1) is 0 Å². The fourth-order valence-corrected chi connectivity index (χ4v) is 1.08. The van der Waals surface area contributed by atoms with Gasteiger partial charge < -0.3 is 9.57 Å². The minimum atomic E-state index is -0.387. The zero-order chi connectivity index (χ0) is 12.3. The number of ether oxygens (including phenoxy) is 1. The lowest BCUT2D eigenvalue weighted by Gasteiger charge is -1.97. The molecule has 0 saturated carbocycles. The summed E-state index contributed by atoms with van der Waals surface area (Å²) in [6, 6.07) is 9.70. The third-order valence-electron chi connectivity index (χ3n) is 1.81. The molecule has 0 atom stereocenters. The zero-order valence-corrected chi connectivity index (χ0v) is 9.70. The summed E-state index contributed by atoms with van der Waals surface area (Å²) in [7, 11) is 0. The lowest BCUT2D eigenvalue weighted by Crippen LogP contribution is -1.98. The van der Waals surface area contributed by atoms with Crippen LogP contribution in [0.2, 0.25) is 0 Å². The molecule has 0 aliphatic heterocycles. The van der Waals surface area contributed by atoms with Gasteiger partial charge in [-0.25, -0.2) is 4.79 Å². The molecule has 0 amide bonds. The molecule has 90 valence electrons. The first-order valence-corrected chi connectivity index (χ1v) is 5.35. The first-order chi connectivity index (χ1) is 8.33. The Morgan fingerprint density at radius 3 is 2.82 bits per heavy atom. The topological polar surface area (TPSA) is 47.9 Å². The Morgan fingerprint density at radius 1 is 1.35 bits per heavy atom. The summed E-state index contributed by atoms with van der Waals surface area (Å²) in [6.07, 6.45) is 4.17. The van der Waals surface area contributed by atoms with Crippen molar-refractivity contribution in [2.75, 3.05) is 6.61 Å². The molecule has 0 aliphatic rings. The molecule has 0 aromatic heterocycles. The van der Waals surface area contributed by atoms with E-state index in [2.05, 4.69) is 9.89 Å². The van der Waals surface area contributed by atoms with Crippen molar-refractivity contribution < 1.29 is 14.4 Å². The number of rotatable bonds is 6. The van der Waals surface area contributed by atoms with Gasteiger partial charge in [-0.3, -0.25) is 0 Å². The largest absolute Gasteiger partial charge is 0.463 e. The number of nitrogens with zero attached hydrogens (tertiary/aromatic N) is 1. The number of hydrogen-bond donors (Lipinski definition) is 0. The van der Waals surface area contributed by atoms with Crippen molar-refractivity contribution in [2.45, 2.75) is 13.5 Å². The maximum Gasteiger partial charge on any atom is 0.330 e. The summed E-state index contributed by atoms with van der Waals surface area (Å²) in [6.45, 7) is 2.53. The van der Waals surface area contributed by atoms with Crippen LogP contribution in [0.15, 0.2) is 47.6 Å². The molecule has 0 unspecified atom stereocenters. The van der Waals surface area contributed by atoms with Gasteiger partial charge in [-0.2, -0.15) is 0 Å². The highest BCUT2D eigenvalue weighted by Gasteiger charge is 1.91. The smallest absolute Gasteiger partial charge is 0.330 e. The van der Waals surface area contributed by atoms with Crippen molar-refractivity contribution >= 4 is 12.2 Å². The fourth-order valence-electron chi connectivity index (χ4n) is 1.08. The molecule has 0 aliphatic carbocycles. The quantitative estimate of drug-likeness (QED) is 0.328. The minimum absolute atomic E-state index is 0.366. The Hall–Kier alpha value is -2.10. The molecule has 1 rings (SSSR count). The van der Waals surface area contributed by atoms with Crippen LogP contribution in [0.1, 0.15) is 12.5 Å². The molecular weight excluding hydrogens is 218 g/mol. The summed E-state index contributed by atoms with van der Waals surface area (Å²) in [5, 5.41) is 3.68. The molecule has 0 fully saturated rings. The van der Waals surface area contributed by atoms with Crippen LogP contribution in [0.3, 0.4) is 0 Å². The van der Waals surface area contributed by atoms with Gasteiger partial charge in [0.15, 0.2) is 0 Å². The molecule has 1 aromatic carbocycles. The summed E-state index contributed by atoms with van der Waals surface area (Å²) in [5.41, 5.74) is 1.04. The van der Waals surface area contributed by atoms with Crippen molar-refractivity contribution in [2.24, 2.45) is 5.16 Å². The second-order valence-corrected chi connectivity index (χ2v) is 3.12. The predicted octanol–water partition coefficient (Wildman–Crippen LogP) is 2.31. The lowest BCUT2D eigenvalue weighted by atomic mass is 10.2. The molecular formula is C13H15NO3. The zero-order valence-electron chi connectivity index (χ0n) is 9.70. The first kappa shape index (κ1) is 13.0. The summed E-state index contributed by atoms with van der Waals surface area (Å²) in [4.78, 5) is 15.9. The summed E-state index contributed by atoms with van der Waals surface area (Å²) >= 11 is 0. The van der Waals surface area contributed by atoms with E-state index in [4.69, 9.17) is 4.84 Å². The van der Waals surface area contributed by atoms with E-state index in [0.29, 0.717) is 13.2 Å². The van der Waals surface area contributed by atoms with Crippen LogP contribution in [0, 0.1) is 0 Å². The van der Waals surface area contributed by atoms with E-state index in [0.717, 1.165) is 5.56 Å². The van der Waals surface area contributed by atoms with Crippen LogP contribution in [0.4, 0.5) is 0 Å². The molecule has 4 heteroatoms. The highest BCUT2D eigenvalue weighted by Crippen LogP contribution is 1.99. The summed E-state index contributed by atoms with van der Waals surface area (Å²) in [5.74, 6) is -0.387. The average molecular weight is 233 g/mol. The SMILES string of the molecule is CCOC(=O)/C=C/C=N\OCc1ccccc1. The first-order valence-electron chi connectivity index (χ1n) is 5.35.